The maximum Gasteiger partial charge on any atom is 0.261 e. The number of hydrogen-bond acceptors (Lipinski definition) is 4. The van der Waals surface area contributed by atoms with Crippen LogP contribution in [0.15, 0.2) is 71.5 Å². The summed E-state index contributed by atoms with van der Waals surface area (Å²) in [6.07, 6.45) is 0.978. The molecule has 0 N–H and O–H groups in total. The van der Waals surface area contributed by atoms with E-state index < -0.39 is 0 Å². The molecule has 0 fully saturated rings. The highest BCUT2D eigenvalue weighted by Gasteiger charge is 2.14. The topological polar surface area (TPSA) is 64.4 Å². The van der Waals surface area contributed by atoms with E-state index in [2.05, 4.69) is 17.1 Å². The van der Waals surface area contributed by atoms with Gasteiger partial charge in [0.2, 0.25) is 5.91 Å². The van der Waals surface area contributed by atoms with Crippen LogP contribution in [0.25, 0.3) is 21.7 Å². The van der Waals surface area contributed by atoms with E-state index in [9.17, 15) is 9.59 Å². The van der Waals surface area contributed by atoms with Gasteiger partial charge in [0.25, 0.3) is 5.56 Å². The third-order valence-electron chi connectivity index (χ3n) is 5.40. The van der Waals surface area contributed by atoms with Gasteiger partial charge in [-0.1, -0.05) is 42.5 Å². The molecule has 0 saturated carbocycles. The van der Waals surface area contributed by atoms with Crippen molar-refractivity contribution in [2.75, 3.05) is 13.7 Å². The van der Waals surface area contributed by atoms with E-state index in [4.69, 9.17) is 4.74 Å². The quantitative estimate of drug-likeness (QED) is 0.430. The number of amides is 1. The van der Waals surface area contributed by atoms with Crippen LogP contribution in [-0.2, 0) is 18.4 Å². The van der Waals surface area contributed by atoms with Gasteiger partial charge < -0.3 is 9.64 Å². The highest BCUT2D eigenvalue weighted by atomic mass is 16.5. The lowest BCUT2D eigenvalue weighted by molar-refractivity contribution is -0.130. The van der Waals surface area contributed by atoms with Crippen LogP contribution in [-0.4, -0.2) is 34.0 Å². The third kappa shape index (κ3) is 4.58. The SMILES string of the molecule is CN(Cc1nc2ccccc2c(=O)n1C)C(=O)CCCOc1ccc2ccccc2c1. The molecule has 0 atom stereocenters. The van der Waals surface area contributed by atoms with Gasteiger partial charge in [0.05, 0.1) is 24.1 Å². The Kier molecular flexibility index (Phi) is 5.98. The summed E-state index contributed by atoms with van der Waals surface area (Å²) in [5, 5.41) is 2.88. The Balaban J connectivity index is 1.32. The van der Waals surface area contributed by atoms with Gasteiger partial charge in [-0.25, -0.2) is 4.98 Å². The molecule has 4 rings (SSSR count). The van der Waals surface area contributed by atoms with Gasteiger partial charge in [-0.15, -0.1) is 0 Å². The molecule has 1 aromatic heterocycles. The molecule has 0 radical (unpaired) electrons. The van der Waals surface area contributed by atoms with Crippen molar-refractivity contribution < 1.29 is 9.53 Å². The van der Waals surface area contributed by atoms with Crippen LogP contribution >= 0.6 is 0 Å². The number of aromatic nitrogens is 2. The first kappa shape index (κ1) is 20.6. The summed E-state index contributed by atoms with van der Waals surface area (Å²) in [4.78, 5) is 31.2. The fourth-order valence-corrected chi connectivity index (χ4v) is 3.57. The smallest absolute Gasteiger partial charge is 0.261 e. The van der Waals surface area contributed by atoms with Crippen LogP contribution in [0.1, 0.15) is 18.7 Å². The lowest BCUT2D eigenvalue weighted by Gasteiger charge is -2.18. The number of fused-ring (bicyclic) bond motifs is 2. The van der Waals surface area contributed by atoms with Crippen molar-refractivity contribution in [1.82, 2.24) is 14.5 Å². The lowest BCUT2D eigenvalue weighted by atomic mass is 10.1. The van der Waals surface area contributed by atoms with Crippen LogP contribution in [0.3, 0.4) is 0 Å². The predicted octanol–water partition coefficient (Wildman–Crippen LogP) is 3.90. The average Bonchev–Trinajstić information content (AvgIpc) is 2.79. The molecule has 3 aromatic carbocycles. The zero-order chi connectivity index (χ0) is 21.8. The van der Waals surface area contributed by atoms with E-state index in [1.54, 1.807) is 25.1 Å². The van der Waals surface area contributed by atoms with Gasteiger partial charge in [-0.3, -0.25) is 14.2 Å². The number of carbonyl (C=O) groups is 1. The molecule has 31 heavy (non-hydrogen) atoms. The number of rotatable bonds is 7. The van der Waals surface area contributed by atoms with Gasteiger partial charge in [-0.05, 0) is 41.5 Å². The van der Waals surface area contributed by atoms with Gasteiger partial charge in [-0.2, -0.15) is 0 Å². The minimum Gasteiger partial charge on any atom is -0.494 e. The van der Waals surface area contributed by atoms with Crippen molar-refractivity contribution >= 4 is 27.6 Å². The zero-order valence-corrected chi connectivity index (χ0v) is 17.7. The maximum absolute atomic E-state index is 12.5. The van der Waals surface area contributed by atoms with Gasteiger partial charge >= 0.3 is 0 Å². The van der Waals surface area contributed by atoms with Crippen LogP contribution in [0.2, 0.25) is 0 Å². The number of carbonyl (C=O) groups excluding carboxylic acids is 1. The first-order valence-electron chi connectivity index (χ1n) is 10.3. The molecule has 0 aliphatic rings. The fraction of sp³-hybridized carbons (Fsp3) is 0.240. The summed E-state index contributed by atoms with van der Waals surface area (Å²) in [7, 11) is 3.42. The summed E-state index contributed by atoms with van der Waals surface area (Å²) in [5.41, 5.74) is 0.537. The van der Waals surface area contributed by atoms with Crippen molar-refractivity contribution in [3.63, 3.8) is 0 Å². The standard InChI is InChI=1S/C25H25N3O3/c1-27(17-23-26-22-11-6-5-10-21(22)25(30)28(23)2)24(29)12-7-15-31-20-14-13-18-8-3-4-9-19(18)16-20/h3-6,8-11,13-14,16H,7,12,15,17H2,1-2H3. The molecule has 158 valence electrons. The normalized spacial score (nSPS) is 11.0. The number of benzene rings is 3. The first-order chi connectivity index (χ1) is 15.0. The molecule has 0 unspecified atom stereocenters. The summed E-state index contributed by atoms with van der Waals surface area (Å²) < 4.78 is 7.33. The number of ether oxygens (including phenoxy) is 1. The largest absolute Gasteiger partial charge is 0.494 e. The molecule has 0 bridgehead atoms. The minimum atomic E-state index is -0.106. The third-order valence-corrected chi connectivity index (χ3v) is 5.40. The molecule has 0 aliphatic carbocycles. The van der Waals surface area contributed by atoms with Gasteiger partial charge in [0.15, 0.2) is 0 Å². The number of hydrogen-bond donors (Lipinski definition) is 0. The first-order valence-corrected chi connectivity index (χ1v) is 10.3. The van der Waals surface area contributed by atoms with E-state index in [0.717, 1.165) is 11.1 Å². The Morgan fingerprint density at radius 1 is 1.03 bits per heavy atom. The Morgan fingerprint density at radius 2 is 1.77 bits per heavy atom. The molecule has 0 spiro atoms. The molecular formula is C25H25N3O3. The van der Waals surface area contributed by atoms with Gasteiger partial charge in [0, 0.05) is 20.5 Å². The van der Waals surface area contributed by atoms with Crippen molar-refractivity contribution in [3.05, 3.63) is 82.9 Å². The van der Waals surface area contributed by atoms with Crippen LogP contribution < -0.4 is 10.3 Å². The Morgan fingerprint density at radius 3 is 2.61 bits per heavy atom. The highest BCUT2D eigenvalue weighted by Crippen LogP contribution is 2.20. The second-order valence-corrected chi connectivity index (χ2v) is 7.62. The van der Waals surface area contributed by atoms with Crippen LogP contribution in [0, 0.1) is 0 Å². The zero-order valence-electron chi connectivity index (χ0n) is 17.7. The van der Waals surface area contributed by atoms with Gasteiger partial charge in [0.1, 0.15) is 11.6 Å². The molecule has 4 aromatic rings. The van der Waals surface area contributed by atoms with E-state index in [-0.39, 0.29) is 18.0 Å². The predicted molar refractivity (Wildman–Crippen MR) is 122 cm³/mol. The van der Waals surface area contributed by atoms with Crippen molar-refractivity contribution in [3.8, 4) is 5.75 Å². The van der Waals surface area contributed by atoms with Crippen LogP contribution in [0.5, 0.6) is 5.75 Å². The Labute approximate surface area is 180 Å². The summed E-state index contributed by atoms with van der Waals surface area (Å²) >= 11 is 0. The summed E-state index contributed by atoms with van der Waals surface area (Å²) in [6, 6.07) is 21.4. The average molecular weight is 415 g/mol. The van der Waals surface area contributed by atoms with Crippen LogP contribution in [0.4, 0.5) is 0 Å². The lowest BCUT2D eigenvalue weighted by Crippen LogP contribution is -2.31. The van der Waals surface area contributed by atoms with E-state index >= 15 is 0 Å². The second-order valence-electron chi connectivity index (χ2n) is 7.62. The Bertz CT molecular complexity index is 1300. The van der Waals surface area contributed by atoms with Crippen molar-refractivity contribution in [2.24, 2.45) is 7.05 Å². The molecule has 6 heteroatoms. The summed E-state index contributed by atoms with van der Waals surface area (Å²) in [6.45, 7) is 0.742. The Hall–Kier alpha value is -3.67. The minimum absolute atomic E-state index is 0.00970. The molecular weight excluding hydrogens is 390 g/mol. The summed E-state index contributed by atoms with van der Waals surface area (Å²) in [5.74, 6) is 1.35. The van der Waals surface area contributed by atoms with E-state index in [0.29, 0.717) is 36.2 Å². The number of nitrogens with zero attached hydrogens (tertiary/aromatic N) is 3. The highest BCUT2D eigenvalue weighted by molar-refractivity contribution is 5.83. The molecule has 1 heterocycles. The number of para-hydroxylation sites is 1. The molecule has 6 nitrogen and oxygen atoms in total. The van der Waals surface area contributed by atoms with Crippen molar-refractivity contribution in [2.45, 2.75) is 19.4 Å². The fourth-order valence-electron chi connectivity index (χ4n) is 3.57. The van der Waals surface area contributed by atoms with Crippen molar-refractivity contribution in [1.29, 1.82) is 0 Å². The molecule has 0 aliphatic heterocycles. The second kappa shape index (κ2) is 9.00. The van der Waals surface area contributed by atoms with E-state index in [1.165, 1.54) is 9.95 Å². The maximum atomic E-state index is 12.5. The molecule has 0 saturated heterocycles. The van der Waals surface area contributed by atoms with E-state index in [1.807, 2.05) is 48.5 Å². The monoisotopic (exact) mass is 415 g/mol. The molecule has 1 amide bonds.